The predicted molar refractivity (Wildman–Crippen MR) is 189 cm³/mol. The summed E-state index contributed by atoms with van der Waals surface area (Å²) in [6.07, 6.45) is 13.1. The standard InChI is InChI=1S/C31H39BrO4.C4H8.CH3Br/c1-5-7-11-27-14-15-28(32)25-30(27)31(26(3)4,16-19-34-22-21-33-18-6-2)17-20-35-23-24-36-29-12-9-8-10-13-29;1-3-4-2;1-2/h5-15,25H,1-3,16-24H2,4H3;3-4H,1-2H3;1H3/b11-7+;4-3-;. The lowest BCUT2D eigenvalue weighted by atomic mass is 9.69. The first kappa shape index (κ1) is 39.8. The minimum Gasteiger partial charge on any atom is -0.491 e. The number of hydrogen-bond donors (Lipinski definition) is 0. The molecule has 0 amide bonds. The van der Waals surface area contributed by atoms with Crippen LogP contribution < -0.4 is 4.74 Å². The second-order valence-electron chi connectivity index (χ2n) is 9.11. The Morgan fingerprint density at radius 2 is 1.43 bits per heavy atom. The third kappa shape index (κ3) is 16.4. The van der Waals surface area contributed by atoms with Gasteiger partial charge in [-0.3, -0.25) is 0 Å². The summed E-state index contributed by atoms with van der Waals surface area (Å²) < 4.78 is 24.2. The molecule has 0 bridgehead atoms. The van der Waals surface area contributed by atoms with Gasteiger partial charge in [0, 0.05) is 23.1 Å². The number of benzene rings is 2. The maximum atomic E-state index is 6.02. The SMILES string of the molecule is C/C=C\C.C=C/C=C/c1ccc(Br)cc1C(CCOCCOCC=C)(CCOCCOc1ccccc1)C(=C)C.CBr. The number of para-hydroxylation sites is 1. The molecule has 0 spiro atoms. The quantitative estimate of drug-likeness (QED) is 0.0631. The lowest BCUT2D eigenvalue weighted by Crippen LogP contribution is -2.32. The summed E-state index contributed by atoms with van der Waals surface area (Å²) in [5.41, 5.74) is 3.07. The molecule has 0 heterocycles. The van der Waals surface area contributed by atoms with Crippen LogP contribution in [0.3, 0.4) is 0 Å². The number of rotatable bonds is 19. The highest BCUT2D eigenvalue weighted by Crippen LogP contribution is 2.41. The molecular formula is C36H50Br2O4. The minimum absolute atomic E-state index is 0.327. The summed E-state index contributed by atoms with van der Waals surface area (Å²) in [5, 5.41) is 0. The van der Waals surface area contributed by atoms with Gasteiger partial charge in [0.25, 0.3) is 0 Å². The molecule has 0 saturated carbocycles. The molecule has 0 aliphatic carbocycles. The van der Waals surface area contributed by atoms with Crippen molar-refractivity contribution in [2.24, 2.45) is 0 Å². The maximum Gasteiger partial charge on any atom is 0.119 e. The molecule has 0 radical (unpaired) electrons. The van der Waals surface area contributed by atoms with E-state index in [0.29, 0.717) is 46.2 Å². The Morgan fingerprint density at radius 3 is 1.98 bits per heavy atom. The van der Waals surface area contributed by atoms with Gasteiger partial charge >= 0.3 is 0 Å². The van der Waals surface area contributed by atoms with Crippen LogP contribution in [0.2, 0.25) is 0 Å². The van der Waals surface area contributed by atoms with Crippen molar-refractivity contribution < 1.29 is 18.9 Å². The van der Waals surface area contributed by atoms with Gasteiger partial charge in [-0.15, -0.1) is 6.58 Å². The van der Waals surface area contributed by atoms with Gasteiger partial charge in [0.05, 0.1) is 26.4 Å². The van der Waals surface area contributed by atoms with E-state index in [1.54, 1.807) is 12.2 Å². The highest BCUT2D eigenvalue weighted by Gasteiger charge is 2.34. The normalized spacial score (nSPS) is 12.0. The van der Waals surface area contributed by atoms with E-state index in [-0.39, 0.29) is 5.41 Å². The highest BCUT2D eigenvalue weighted by atomic mass is 79.9. The molecule has 2 aromatic rings. The van der Waals surface area contributed by atoms with E-state index >= 15 is 0 Å². The molecule has 42 heavy (non-hydrogen) atoms. The summed E-state index contributed by atoms with van der Waals surface area (Å²) in [6.45, 7) is 21.8. The average Bonchev–Trinajstić information content (AvgIpc) is 3.02. The van der Waals surface area contributed by atoms with Crippen LogP contribution in [-0.2, 0) is 19.6 Å². The molecule has 0 fully saturated rings. The van der Waals surface area contributed by atoms with Gasteiger partial charge in [-0.1, -0.05) is 111 Å². The molecule has 0 aromatic heterocycles. The smallest absolute Gasteiger partial charge is 0.119 e. The van der Waals surface area contributed by atoms with Gasteiger partial charge < -0.3 is 18.9 Å². The zero-order valence-corrected chi connectivity index (χ0v) is 29.1. The van der Waals surface area contributed by atoms with Crippen molar-refractivity contribution in [3.05, 3.63) is 120 Å². The molecule has 2 aromatic carbocycles. The topological polar surface area (TPSA) is 36.9 Å². The van der Waals surface area contributed by atoms with Gasteiger partial charge in [-0.25, -0.2) is 0 Å². The molecular weight excluding hydrogens is 656 g/mol. The third-order valence-electron chi connectivity index (χ3n) is 6.29. The molecule has 1 unspecified atom stereocenters. The second kappa shape index (κ2) is 26.4. The van der Waals surface area contributed by atoms with Crippen molar-refractivity contribution in [2.45, 2.75) is 39.0 Å². The van der Waals surface area contributed by atoms with Crippen molar-refractivity contribution >= 4 is 37.9 Å². The Bertz CT molecular complexity index is 1050. The predicted octanol–water partition coefficient (Wildman–Crippen LogP) is 10.2. The van der Waals surface area contributed by atoms with Crippen LogP contribution in [0.4, 0.5) is 0 Å². The first-order valence-electron chi connectivity index (χ1n) is 14.2. The van der Waals surface area contributed by atoms with Gasteiger partial charge in [0.2, 0.25) is 0 Å². The van der Waals surface area contributed by atoms with Gasteiger partial charge in [0.1, 0.15) is 12.4 Å². The van der Waals surface area contributed by atoms with E-state index < -0.39 is 0 Å². The van der Waals surface area contributed by atoms with Gasteiger partial charge in [-0.05, 0) is 74.8 Å². The van der Waals surface area contributed by atoms with E-state index in [4.69, 9.17) is 18.9 Å². The summed E-state index contributed by atoms with van der Waals surface area (Å²) >= 11 is 6.61. The van der Waals surface area contributed by atoms with Crippen LogP contribution in [0, 0.1) is 0 Å². The van der Waals surface area contributed by atoms with Crippen molar-refractivity contribution in [3.63, 3.8) is 0 Å². The number of hydrogen-bond acceptors (Lipinski definition) is 4. The number of ether oxygens (including phenoxy) is 4. The summed E-state index contributed by atoms with van der Waals surface area (Å²) in [7, 11) is 0. The lowest BCUT2D eigenvalue weighted by Gasteiger charge is -2.37. The lowest BCUT2D eigenvalue weighted by molar-refractivity contribution is 0.0464. The van der Waals surface area contributed by atoms with Crippen LogP contribution in [0.1, 0.15) is 44.7 Å². The van der Waals surface area contributed by atoms with Crippen LogP contribution in [0.15, 0.2) is 109 Å². The van der Waals surface area contributed by atoms with Crippen molar-refractivity contribution in [1.82, 2.24) is 0 Å². The van der Waals surface area contributed by atoms with E-state index in [0.717, 1.165) is 34.2 Å². The zero-order chi connectivity index (χ0) is 31.5. The summed E-state index contributed by atoms with van der Waals surface area (Å²) in [4.78, 5) is 0. The third-order valence-corrected chi connectivity index (χ3v) is 6.78. The summed E-state index contributed by atoms with van der Waals surface area (Å²) in [5.74, 6) is 2.66. The largest absolute Gasteiger partial charge is 0.491 e. The molecule has 0 saturated heterocycles. The zero-order valence-electron chi connectivity index (χ0n) is 26.0. The van der Waals surface area contributed by atoms with Gasteiger partial charge in [0.15, 0.2) is 0 Å². The number of alkyl halides is 1. The number of allylic oxidation sites excluding steroid dienone is 5. The van der Waals surface area contributed by atoms with Crippen LogP contribution >= 0.6 is 31.9 Å². The van der Waals surface area contributed by atoms with Crippen LogP contribution in [-0.4, -0.2) is 52.1 Å². The van der Waals surface area contributed by atoms with Crippen molar-refractivity contribution in [2.75, 3.05) is 52.1 Å². The average molecular weight is 707 g/mol. The van der Waals surface area contributed by atoms with E-state index in [2.05, 4.69) is 82.8 Å². The van der Waals surface area contributed by atoms with E-state index in [1.807, 2.05) is 68.2 Å². The molecule has 4 nitrogen and oxygen atoms in total. The van der Waals surface area contributed by atoms with Gasteiger partial charge in [-0.2, -0.15) is 0 Å². The Labute approximate surface area is 272 Å². The van der Waals surface area contributed by atoms with E-state index in [1.165, 1.54) is 5.56 Å². The molecule has 0 N–H and O–H groups in total. The molecule has 0 aliphatic heterocycles. The van der Waals surface area contributed by atoms with Crippen molar-refractivity contribution in [3.8, 4) is 5.75 Å². The molecule has 6 heteroatoms. The first-order valence-corrected chi connectivity index (χ1v) is 16.5. The Hall–Kier alpha value is -2.22. The first-order chi connectivity index (χ1) is 20.4. The fourth-order valence-electron chi connectivity index (χ4n) is 4.03. The Morgan fingerprint density at radius 1 is 0.833 bits per heavy atom. The molecule has 0 aliphatic rings. The Kier molecular flexibility index (Phi) is 25.0. The fraction of sp³-hybridized carbons (Fsp3) is 0.389. The monoisotopic (exact) mass is 704 g/mol. The van der Waals surface area contributed by atoms with Crippen LogP contribution in [0.5, 0.6) is 5.75 Å². The minimum atomic E-state index is -0.327. The maximum absolute atomic E-state index is 6.02. The molecule has 2 rings (SSSR count). The second-order valence-corrected chi connectivity index (χ2v) is 10.0. The van der Waals surface area contributed by atoms with Crippen LogP contribution in [0.25, 0.3) is 6.08 Å². The summed E-state index contributed by atoms with van der Waals surface area (Å²) in [6, 6.07) is 16.1. The molecule has 1 atom stereocenters. The number of halogens is 2. The molecule has 232 valence electrons. The highest BCUT2D eigenvalue weighted by molar-refractivity contribution is 9.10. The van der Waals surface area contributed by atoms with Crippen molar-refractivity contribution in [1.29, 1.82) is 0 Å². The van der Waals surface area contributed by atoms with E-state index in [9.17, 15) is 0 Å². The fourth-order valence-corrected chi connectivity index (χ4v) is 4.39. The Balaban J connectivity index is 0.00000257.